The number of carbonyl (C=O) groups is 2. The molecule has 320 valence electrons. The van der Waals surface area contributed by atoms with Crippen LogP contribution < -0.4 is 0 Å². The molecule has 0 aliphatic rings. The summed E-state index contributed by atoms with van der Waals surface area (Å²) in [6, 6.07) is 0. The Morgan fingerprint density at radius 2 is 0.964 bits per heavy atom. The zero-order valence-electron chi connectivity index (χ0n) is 34.6. The molecule has 0 amide bonds. The van der Waals surface area contributed by atoms with Crippen LogP contribution >= 0.6 is 7.82 Å². The van der Waals surface area contributed by atoms with Crippen molar-refractivity contribution in [1.29, 1.82) is 0 Å². The number of aliphatic hydroxyl groups is 2. The molecule has 11 heteroatoms. The van der Waals surface area contributed by atoms with Crippen molar-refractivity contribution in [2.75, 3.05) is 26.4 Å². The van der Waals surface area contributed by atoms with Gasteiger partial charge in [0.2, 0.25) is 0 Å². The van der Waals surface area contributed by atoms with Gasteiger partial charge in [-0.1, -0.05) is 146 Å². The summed E-state index contributed by atoms with van der Waals surface area (Å²) >= 11 is 0. The summed E-state index contributed by atoms with van der Waals surface area (Å²) in [6.07, 6.45) is 42.3. The third-order valence-electron chi connectivity index (χ3n) is 8.96. The van der Waals surface area contributed by atoms with E-state index in [1.54, 1.807) is 0 Å². The summed E-state index contributed by atoms with van der Waals surface area (Å²) in [5.41, 5.74) is 0. The highest BCUT2D eigenvalue weighted by atomic mass is 31.2. The van der Waals surface area contributed by atoms with Crippen molar-refractivity contribution in [2.45, 2.75) is 193 Å². The van der Waals surface area contributed by atoms with E-state index in [4.69, 9.17) is 19.1 Å². The molecule has 0 aromatic rings. The van der Waals surface area contributed by atoms with Gasteiger partial charge in [0.15, 0.2) is 6.10 Å². The summed E-state index contributed by atoms with van der Waals surface area (Å²) in [5, 5.41) is 18.3. The maximum Gasteiger partial charge on any atom is 0.472 e. The number of rotatable bonds is 40. The van der Waals surface area contributed by atoms with E-state index >= 15 is 0 Å². The zero-order chi connectivity index (χ0) is 40.5. The fourth-order valence-corrected chi connectivity index (χ4v) is 6.38. The van der Waals surface area contributed by atoms with E-state index in [-0.39, 0.29) is 19.4 Å². The number of phosphoric ester groups is 1. The third kappa shape index (κ3) is 39.9. The minimum atomic E-state index is -4.63. The molecule has 0 saturated heterocycles. The molecule has 3 atom stereocenters. The van der Waals surface area contributed by atoms with Gasteiger partial charge in [0.1, 0.15) is 12.7 Å². The molecule has 0 spiro atoms. The van der Waals surface area contributed by atoms with Gasteiger partial charge in [-0.25, -0.2) is 4.57 Å². The Labute approximate surface area is 334 Å². The minimum Gasteiger partial charge on any atom is -0.462 e. The second-order valence-corrected chi connectivity index (χ2v) is 15.8. The van der Waals surface area contributed by atoms with Crippen LogP contribution in [-0.4, -0.2) is 65.7 Å². The van der Waals surface area contributed by atoms with Crippen LogP contribution in [0.25, 0.3) is 0 Å². The predicted molar refractivity (Wildman–Crippen MR) is 224 cm³/mol. The first-order valence-corrected chi connectivity index (χ1v) is 23.1. The molecule has 0 aromatic heterocycles. The number of ether oxygens (including phenoxy) is 2. The summed E-state index contributed by atoms with van der Waals surface area (Å²) in [7, 11) is -4.63. The van der Waals surface area contributed by atoms with Gasteiger partial charge in [-0.05, 0) is 70.6 Å². The number of carbonyl (C=O) groups excluding carboxylic acids is 2. The Morgan fingerprint density at radius 1 is 0.545 bits per heavy atom. The van der Waals surface area contributed by atoms with Crippen molar-refractivity contribution in [1.82, 2.24) is 0 Å². The molecular formula is C44H79O10P. The highest BCUT2D eigenvalue weighted by Gasteiger charge is 2.27. The van der Waals surface area contributed by atoms with Gasteiger partial charge in [-0.15, -0.1) is 0 Å². The van der Waals surface area contributed by atoms with Crippen LogP contribution in [0.3, 0.4) is 0 Å². The molecule has 55 heavy (non-hydrogen) atoms. The van der Waals surface area contributed by atoms with Crippen LogP contribution in [0.5, 0.6) is 0 Å². The van der Waals surface area contributed by atoms with Gasteiger partial charge in [-0.2, -0.15) is 0 Å². The standard InChI is InChI=1S/C44H79O10P/c1-3-5-7-9-11-13-15-17-19-20-22-23-25-27-29-31-33-35-43(47)51-39-42(40-53-55(49,50)52-38-41(46)37-45)54-44(48)36-34-32-30-28-26-24-21-18-16-14-12-10-8-6-4-2/h17,19,22-24,26-27,29,41-42,45-46H,3-16,18,20-21,25,28,30-40H2,1-2H3,(H,49,50)/b19-17+,23-22+,26-24+,29-27+/t41-,42+/m0/s1. The van der Waals surface area contributed by atoms with Crippen LogP contribution in [0.15, 0.2) is 48.6 Å². The van der Waals surface area contributed by atoms with Crippen molar-refractivity contribution in [3.8, 4) is 0 Å². The minimum absolute atomic E-state index is 0.153. The van der Waals surface area contributed by atoms with E-state index in [1.807, 2.05) is 6.08 Å². The number of allylic oxidation sites excluding steroid dienone is 8. The van der Waals surface area contributed by atoms with E-state index in [9.17, 15) is 24.2 Å². The first kappa shape index (κ1) is 52.9. The summed E-state index contributed by atoms with van der Waals surface area (Å²) in [5.74, 6) is -1.00. The lowest BCUT2D eigenvalue weighted by Crippen LogP contribution is -2.29. The Balaban J connectivity index is 4.41. The maximum absolute atomic E-state index is 12.6. The lowest BCUT2D eigenvalue weighted by atomic mass is 10.1. The average molecular weight is 799 g/mol. The number of phosphoric acid groups is 1. The van der Waals surface area contributed by atoms with Crippen LogP contribution in [-0.2, 0) is 32.7 Å². The van der Waals surface area contributed by atoms with Crippen LogP contribution in [0.1, 0.15) is 181 Å². The molecule has 0 rings (SSSR count). The van der Waals surface area contributed by atoms with Gasteiger partial charge in [-0.3, -0.25) is 18.6 Å². The van der Waals surface area contributed by atoms with E-state index in [0.717, 1.165) is 44.9 Å². The summed E-state index contributed by atoms with van der Waals surface area (Å²) < 4.78 is 32.6. The van der Waals surface area contributed by atoms with Crippen molar-refractivity contribution in [2.24, 2.45) is 0 Å². The zero-order valence-corrected chi connectivity index (χ0v) is 35.5. The van der Waals surface area contributed by atoms with Gasteiger partial charge in [0.05, 0.1) is 19.8 Å². The van der Waals surface area contributed by atoms with E-state index < -0.39 is 51.8 Å². The Hall–Kier alpha value is -2.07. The molecule has 0 aliphatic heterocycles. The quantitative estimate of drug-likeness (QED) is 0.0237. The van der Waals surface area contributed by atoms with Crippen molar-refractivity contribution in [3.05, 3.63) is 48.6 Å². The Morgan fingerprint density at radius 3 is 1.49 bits per heavy atom. The largest absolute Gasteiger partial charge is 0.472 e. The second kappa shape index (κ2) is 40.1. The lowest BCUT2D eigenvalue weighted by molar-refractivity contribution is -0.161. The number of esters is 2. The molecule has 0 fully saturated rings. The molecule has 0 saturated carbocycles. The lowest BCUT2D eigenvalue weighted by Gasteiger charge is -2.20. The van der Waals surface area contributed by atoms with E-state index in [0.29, 0.717) is 19.3 Å². The highest BCUT2D eigenvalue weighted by molar-refractivity contribution is 7.47. The van der Waals surface area contributed by atoms with Gasteiger partial charge >= 0.3 is 19.8 Å². The predicted octanol–water partition coefficient (Wildman–Crippen LogP) is 11.3. The topological polar surface area (TPSA) is 149 Å². The average Bonchev–Trinajstić information content (AvgIpc) is 3.17. The van der Waals surface area contributed by atoms with Crippen LogP contribution in [0.4, 0.5) is 0 Å². The molecule has 0 radical (unpaired) electrons. The monoisotopic (exact) mass is 799 g/mol. The van der Waals surface area contributed by atoms with E-state index in [2.05, 4.69) is 60.9 Å². The molecule has 0 heterocycles. The molecule has 0 aliphatic carbocycles. The first-order chi connectivity index (χ1) is 26.7. The maximum atomic E-state index is 12.6. The number of aliphatic hydroxyl groups excluding tert-OH is 2. The van der Waals surface area contributed by atoms with Gasteiger partial charge in [0.25, 0.3) is 0 Å². The van der Waals surface area contributed by atoms with Crippen LogP contribution in [0, 0.1) is 0 Å². The third-order valence-corrected chi connectivity index (χ3v) is 9.91. The number of hydrogen-bond acceptors (Lipinski definition) is 9. The molecule has 10 nitrogen and oxygen atoms in total. The summed E-state index contributed by atoms with van der Waals surface area (Å²) in [4.78, 5) is 34.9. The fourth-order valence-electron chi connectivity index (χ4n) is 5.59. The van der Waals surface area contributed by atoms with Crippen molar-refractivity contribution >= 4 is 19.8 Å². The smallest absolute Gasteiger partial charge is 0.462 e. The van der Waals surface area contributed by atoms with Crippen LogP contribution in [0.2, 0.25) is 0 Å². The first-order valence-electron chi connectivity index (χ1n) is 21.6. The number of hydrogen-bond donors (Lipinski definition) is 3. The normalized spacial score (nSPS) is 14.3. The summed E-state index contributed by atoms with van der Waals surface area (Å²) in [6.45, 7) is 2.29. The number of unbranched alkanes of at least 4 members (excludes halogenated alkanes) is 18. The Kier molecular flexibility index (Phi) is 38.6. The molecule has 0 bridgehead atoms. The molecule has 0 aromatic carbocycles. The van der Waals surface area contributed by atoms with Gasteiger partial charge in [0, 0.05) is 12.8 Å². The molecular weight excluding hydrogens is 719 g/mol. The Bertz CT molecular complexity index is 1060. The second-order valence-electron chi connectivity index (χ2n) is 14.4. The van der Waals surface area contributed by atoms with Gasteiger partial charge < -0.3 is 24.6 Å². The van der Waals surface area contributed by atoms with E-state index in [1.165, 1.54) is 89.9 Å². The van der Waals surface area contributed by atoms with Crippen molar-refractivity contribution < 1.29 is 47.8 Å². The fraction of sp³-hybridized carbons (Fsp3) is 0.773. The molecule has 1 unspecified atom stereocenters. The highest BCUT2D eigenvalue weighted by Crippen LogP contribution is 2.43. The van der Waals surface area contributed by atoms with Crippen molar-refractivity contribution in [3.63, 3.8) is 0 Å². The SMILES string of the molecule is CCCCCCCC/C=C/C/C=C/C/C=C/CCCC(=O)OC[C@H](COP(=O)(O)OC[C@@H](O)CO)OC(=O)CCCCC/C=C/CCCCCCCCCC. The molecule has 3 N–H and O–H groups in total.